The van der Waals surface area contributed by atoms with Crippen LogP contribution in [-0.4, -0.2) is 0 Å². The van der Waals surface area contributed by atoms with Gasteiger partial charge in [-0.05, 0) is 0 Å². The van der Waals surface area contributed by atoms with Crippen molar-refractivity contribution in [3.05, 3.63) is 57.7 Å². The van der Waals surface area contributed by atoms with Gasteiger partial charge in [-0.3, -0.25) is 0 Å². The summed E-state index contributed by atoms with van der Waals surface area (Å²) in [7, 11) is 0. The Bertz CT molecular complexity index is 135. The van der Waals surface area contributed by atoms with Crippen molar-refractivity contribution in [3.63, 3.8) is 0 Å². The molecule has 0 bridgehead atoms. The second-order valence-electron chi connectivity index (χ2n) is 1.49. The van der Waals surface area contributed by atoms with E-state index in [4.69, 9.17) is 0 Å². The van der Waals surface area contributed by atoms with E-state index in [0.717, 1.165) is 5.56 Å². The molecule has 0 atom stereocenters. The molecule has 0 aliphatic carbocycles. The Balaban J connectivity index is -0.000000163. The molecule has 0 saturated carbocycles. The van der Waals surface area contributed by atoms with Gasteiger partial charge in [0.05, 0.1) is 0 Å². The molecule has 1 aromatic carbocycles. The largest absolute Gasteiger partial charge is 0.358 e. The van der Waals surface area contributed by atoms with Crippen molar-refractivity contribution in [2.75, 3.05) is 0 Å². The van der Waals surface area contributed by atoms with Crippen LogP contribution < -0.4 is 0 Å². The van der Waals surface area contributed by atoms with Gasteiger partial charge in [0.2, 0.25) is 0 Å². The van der Waals surface area contributed by atoms with E-state index in [1.165, 1.54) is 0 Å². The third kappa shape index (κ3) is 5.74. The van der Waals surface area contributed by atoms with E-state index >= 15 is 0 Å². The molecular formula is C9H13Cu-3. The smallest absolute Gasteiger partial charge is 0 e. The monoisotopic (exact) mass is 184 g/mol. The van der Waals surface area contributed by atoms with E-state index in [1.807, 2.05) is 30.3 Å². The number of hydrogen-bond acceptors (Lipinski definition) is 0. The fourth-order valence-corrected chi connectivity index (χ4v) is 0.478. The van der Waals surface area contributed by atoms with Gasteiger partial charge in [0.15, 0.2) is 0 Å². The summed E-state index contributed by atoms with van der Waals surface area (Å²) in [6.07, 6.45) is 0. The Morgan fingerprint density at radius 2 is 1.30 bits per heavy atom. The minimum absolute atomic E-state index is 0. The zero-order chi connectivity index (χ0) is 5.11. The molecule has 1 heteroatoms. The van der Waals surface area contributed by atoms with Crippen LogP contribution in [0.4, 0.5) is 0 Å². The van der Waals surface area contributed by atoms with Crippen LogP contribution in [0.3, 0.4) is 0 Å². The van der Waals surface area contributed by atoms with E-state index < -0.39 is 0 Å². The van der Waals surface area contributed by atoms with Gasteiger partial charge in [-0.2, -0.15) is 24.6 Å². The van der Waals surface area contributed by atoms with Crippen molar-refractivity contribution in [1.82, 2.24) is 0 Å². The predicted molar refractivity (Wildman–Crippen MR) is 43.7 cm³/mol. The summed E-state index contributed by atoms with van der Waals surface area (Å²) < 4.78 is 0. The van der Waals surface area contributed by atoms with E-state index in [0.29, 0.717) is 0 Å². The summed E-state index contributed by atoms with van der Waals surface area (Å²) >= 11 is 0. The van der Waals surface area contributed by atoms with Gasteiger partial charge < -0.3 is 14.9 Å². The Kier molecular flexibility index (Phi) is 14.0. The molecule has 0 spiro atoms. The molecule has 0 aliphatic heterocycles. The van der Waals surface area contributed by atoms with Crippen molar-refractivity contribution in [2.45, 2.75) is 0 Å². The second kappa shape index (κ2) is 8.61. The van der Waals surface area contributed by atoms with E-state index in [2.05, 4.69) is 6.92 Å². The Morgan fingerprint density at radius 1 is 0.900 bits per heavy atom. The van der Waals surface area contributed by atoms with E-state index in [9.17, 15) is 0 Å². The Labute approximate surface area is 75.1 Å². The molecule has 0 saturated heterocycles. The summed E-state index contributed by atoms with van der Waals surface area (Å²) in [5.41, 5.74) is 1.07. The number of rotatable bonds is 0. The van der Waals surface area contributed by atoms with Crippen LogP contribution in [0.2, 0.25) is 0 Å². The SMILES string of the molecule is [CH2-]c1ccccc1.[CH3-].[CH3-].[Cu]. The minimum atomic E-state index is 0. The van der Waals surface area contributed by atoms with Crippen molar-refractivity contribution < 1.29 is 17.1 Å². The average Bonchev–Trinajstić information content (AvgIpc) is 1.69. The predicted octanol–water partition coefficient (Wildman–Crippen LogP) is 2.77. The first-order chi connectivity index (χ1) is 3.39. The fraction of sp³-hybridized carbons (Fsp3) is 0. The maximum absolute atomic E-state index is 3.72. The van der Waals surface area contributed by atoms with Crippen molar-refractivity contribution in [2.24, 2.45) is 0 Å². The molecule has 10 heavy (non-hydrogen) atoms. The second-order valence-corrected chi connectivity index (χ2v) is 1.49. The van der Waals surface area contributed by atoms with Gasteiger partial charge >= 0.3 is 0 Å². The molecule has 63 valence electrons. The van der Waals surface area contributed by atoms with Gasteiger partial charge in [0.1, 0.15) is 0 Å². The third-order valence-electron chi connectivity index (χ3n) is 0.843. The Morgan fingerprint density at radius 3 is 1.50 bits per heavy atom. The van der Waals surface area contributed by atoms with E-state index in [1.54, 1.807) is 0 Å². The molecule has 0 aromatic heterocycles. The van der Waals surface area contributed by atoms with Gasteiger partial charge in [0.25, 0.3) is 0 Å². The van der Waals surface area contributed by atoms with Crippen LogP contribution in [0, 0.1) is 21.8 Å². The molecule has 0 aliphatic rings. The first-order valence-electron chi connectivity index (χ1n) is 2.26. The minimum Gasteiger partial charge on any atom is -0.358 e. The molecule has 0 N–H and O–H groups in total. The quantitative estimate of drug-likeness (QED) is 0.430. The summed E-state index contributed by atoms with van der Waals surface area (Å²) in [4.78, 5) is 0. The topological polar surface area (TPSA) is 0 Å². The average molecular weight is 185 g/mol. The van der Waals surface area contributed by atoms with Crippen LogP contribution in [0.5, 0.6) is 0 Å². The van der Waals surface area contributed by atoms with E-state index in [-0.39, 0.29) is 31.9 Å². The van der Waals surface area contributed by atoms with Crippen LogP contribution in [0.25, 0.3) is 0 Å². The fourth-order valence-electron chi connectivity index (χ4n) is 0.478. The first kappa shape index (κ1) is 16.3. The molecule has 1 rings (SSSR count). The standard InChI is InChI=1S/C7H7.2CH3.Cu/c1-7-5-3-2-4-6-7;;;/h2-6H,1H2;2*1H3;/q3*-1;. The molecule has 0 fully saturated rings. The summed E-state index contributed by atoms with van der Waals surface area (Å²) in [6, 6.07) is 9.87. The van der Waals surface area contributed by atoms with Gasteiger partial charge in [-0.25, -0.2) is 0 Å². The molecule has 1 radical (unpaired) electrons. The first-order valence-corrected chi connectivity index (χ1v) is 2.26. The normalized spacial score (nSPS) is 6.00. The number of hydrogen-bond donors (Lipinski definition) is 0. The van der Waals surface area contributed by atoms with Gasteiger partial charge in [0, 0.05) is 17.1 Å². The van der Waals surface area contributed by atoms with Crippen LogP contribution >= 0.6 is 0 Å². The summed E-state index contributed by atoms with van der Waals surface area (Å²) in [5, 5.41) is 0. The molecule has 1 aromatic rings. The summed E-state index contributed by atoms with van der Waals surface area (Å²) in [6.45, 7) is 3.72. The zero-order valence-corrected chi connectivity index (χ0v) is 7.34. The number of benzene rings is 1. The summed E-state index contributed by atoms with van der Waals surface area (Å²) in [5.74, 6) is 0. The van der Waals surface area contributed by atoms with Crippen molar-refractivity contribution in [1.29, 1.82) is 0 Å². The molecule has 0 amide bonds. The van der Waals surface area contributed by atoms with Gasteiger partial charge in [-0.15, -0.1) is 12.1 Å². The Hall–Kier alpha value is -0.391. The van der Waals surface area contributed by atoms with Crippen molar-refractivity contribution in [3.8, 4) is 0 Å². The van der Waals surface area contributed by atoms with Crippen molar-refractivity contribution >= 4 is 0 Å². The molecule has 0 unspecified atom stereocenters. The van der Waals surface area contributed by atoms with Gasteiger partial charge in [-0.1, -0.05) is 6.07 Å². The molecule has 0 nitrogen and oxygen atoms in total. The van der Waals surface area contributed by atoms with Crippen LogP contribution in [0.1, 0.15) is 5.56 Å². The molecular weight excluding hydrogens is 172 g/mol. The van der Waals surface area contributed by atoms with Crippen LogP contribution in [0.15, 0.2) is 30.3 Å². The zero-order valence-electron chi connectivity index (χ0n) is 6.40. The maximum Gasteiger partial charge on any atom is 0 e. The van der Waals surface area contributed by atoms with Crippen LogP contribution in [-0.2, 0) is 17.1 Å². The maximum atomic E-state index is 3.72. The molecule has 0 heterocycles. The third-order valence-corrected chi connectivity index (χ3v) is 0.843.